The van der Waals surface area contributed by atoms with E-state index in [2.05, 4.69) is 25.2 Å². The van der Waals surface area contributed by atoms with Crippen molar-refractivity contribution < 1.29 is 9.53 Å². The Morgan fingerprint density at radius 2 is 2.33 bits per heavy atom. The summed E-state index contributed by atoms with van der Waals surface area (Å²) >= 11 is 0. The number of nitrogens with zero attached hydrogens (tertiary/aromatic N) is 5. The number of tetrazole rings is 1. The van der Waals surface area contributed by atoms with Crippen molar-refractivity contribution in [3.8, 4) is 5.69 Å². The van der Waals surface area contributed by atoms with Crippen LogP contribution in [0, 0.1) is 0 Å². The maximum absolute atomic E-state index is 11.2. The van der Waals surface area contributed by atoms with Gasteiger partial charge >= 0.3 is 5.97 Å². The summed E-state index contributed by atoms with van der Waals surface area (Å²) in [5.74, 6) is -0.447. The lowest BCUT2D eigenvalue weighted by molar-refractivity contribution is 0.0600. The van der Waals surface area contributed by atoms with Gasteiger partial charge in [-0.25, -0.2) is 4.79 Å². The van der Waals surface area contributed by atoms with Gasteiger partial charge < -0.3 is 4.74 Å². The van der Waals surface area contributed by atoms with Crippen LogP contribution in [0.2, 0.25) is 0 Å². The molecule has 0 radical (unpaired) electrons. The highest BCUT2D eigenvalue weighted by molar-refractivity contribution is 5.89. The first kappa shape index (κ1) is 9.25. The van der Waals surface area contributed by atoms with Crippen LogP contribution in [0.25, 0.3) is 5.69 Å². The molecule has 0 N–H and O–H groups in total. The van der Waals surface area contributed by atoms with Gasteiger partial charge in [0.15, 0.2) is 0 Å². The molecule has 0 unspecified atom stereocenters. The van der Waals surface area contributed by atoms with Gasteiger partial charge in [0, 0.05) is 6.20 Å². The van der Waals surface area contributed by atoms with Crippen molar-refractivity contribution in [2.75, 3.05) is 7.11 Å². The fourth-order valence-corrected chi connectivity index (χ4v) is 1.06. The van der Waals surface area contributed by atoms with Crippen molar-refractivity contribution in [1.29, 1.82) is 0 Å². The quantitative estimate of drug-likeness (QED) is 0.634. The Morgan fingerprint density at radius 1 is 1.47 bits per heavy atom. The van der Waals surface area contributed by atoms with E-state index < -0.39 is 5.97 Å². The van der Waals surface area contributed by atoms with E-state index in [1.165, 1.54) is 24.3 Å². The molecule has 2 rings (SSSR count). The average Bonchev–Trinajstić information content (AvgIpc) is 2.82. The van der Waals surface area contributed by atoms with Crippen LogP contribution in [-0.4, -0.2) is 38.3 Å². The minimum Gasteiger partial charge on any atom is -0.465 e. The van der Waals surface area contributed by atoms with E-state index in [4.69, 9.17) is 0 Å². The Balaban J connectivity index is 2.39. The molecule has 0 aliphatic heterocycles. The van der Waals surface area contributed by atoms with E-state index in [1.807, 2.05) is 0 Å². The predicted octanol–water partition coefficient (Wildman–Crippen LogP) is -0.156. The minimum absolute atomic E-state index is 0.352. The summed E-state index contributed by atoms with van der Waals surface area (Å²) in [6.45, 7) is 0. The smallest absolute Gasteiger partial charge is 0.339 e. The lowest BCUT2D eigenvalue weighted by Crippen LogP contribution is -2.04. The molecule has 0 amide bonds. The first-order valence-electron chi connectivity index (χ1n) is 4.08. The highest BCUT2D eigenvalue weighted by Gasteiger charge is 2.07. The van der Waals surface area contributed by atoms with Crippen LogP contribution in [-0.2, 0) is 4.74 Å². The Labute approximate surface area is 84.7 Å². The van der Waals surface area contributed by atoms with Crippen LogP contribution in [0.15, 0.2) is 24.8 Å². The third kappa shape index (κ3) is 1.80. The fraction of sp³-hybridized carbons (Fsp3) is 0.125. The highest BCUT2D eigenvalue weighted by atomic mass is 16.5. The molecule has 0 fully saturated rings. The fourth-order valence-electron chi connectivity index (χ4n) is 1.06. The van der Waals surface area contributed by atoms with Crippen LogP contribution in [0.4, 0.5) is 0 Å². The van der Waals surface area contributed by atoms with Crippen molar-refractivity contribution in [2.45, 2.75) is 0 Å². The Morgan fingerprint density at radius 3 is 3.00 bits per heavy atom. The zero-order valence-electron chi connectivity index (χ0n) is 7.86. The topological polar surface area (TPSA) is 82.8 Å². The molecule has 0 bridgehead atoms. The van der Waals surface area contributed by atoms with Gasteiger partial charge in [-0.3, -0.25) is 4.98 Å². The number of methoxy groups -OCH3 is 1. The molecule has 2 aromatic rings. The molecule has 0 spiro atoms. The maximum Gasteiger partial charge on any atom is 0.339 e. The van der Waals surface area contributed by atoms with Crippen LogP contribution in [0.3, 0.4) is 0 Å². The van der Waals surface area contributed by atoms with E-state index in [0.717, 1.165) is 0 Å². The largest absolute Gasteiger partial charge is 0.465 e. The Kier molecular flexibility index (Phi) is 2.36. The summed E-state index contributed by atoms with van der Waals surface area (Å²) in [5, 5.41) is 10.6. The number of ether oxygens (including phenoxy) is 1. The number of esters is 1. The van der Waals surface area contributed by atoms with Crippen LogP contribution < -0.4 is 0 Å². The van der Waals surface area contributed by atoms with E-state index in [-0.39, 0.29) is 0 Å². The maximum atomic E-state index is 11.2. The second-order valence-electron chi connectivity index (χ2n) is 2.68. The zero-order valence-corrected chi connectivity index (χ0v) is 7.86. The summed E-state index contributed by atoms with van der Waals surface area (Å²) in [7, 11) is 1.31. The van der Waals surface area contributed by atoms with Gasteiger partial charge in [0.1, 0.15) is 6.33 Å². The van der Waals surface area contributed by atoms with Crippen molar-refractivity contribution in [3.05, 3.63) is 30.4 Å². The lowest BCUT2D eigenvalue weighted by Gasteiger charge is -2.01. The predicted molar refractivity (Wildman–Crippen MR) is 48.3 cm³/mol. The van der Waals surface area contributed by atoms with Gasteiger partial charge in [0.05, 0.1) is 24.6 Å². The normalized spacial score (nSPS) is 9.93. The third-order valence-corrected chi connectivity index (χ3v) is 1.76. The van der Waals surface area contributed by atoms with Crippen molar-refractivity contribution in [1.82, 2.24) is 25.2 Å². The van der Waals surface area contributed by atoms with Gasteiger partial charge in [0.2, 0.25) is 0 Å². The van der Waals surface area contributed by atoms with Crippen LogP contribution in [0.1, 0.15) is 10.4 Å². The SMILES string of the molecule is COC(=O)c1cncc(-n2cnnn2)c1. The van der Waals surface area contributed by atoms with E-state index >= 15 is 0 Å². The molecule has 0 aliphatic rings. The minimum atomic E-state index is -0.447. The summed E-state index contributed by atoms with van der Waals surface area (Å²) in [6, 6.07) is 1.59. The number of aromatic nitrogens is 5. The number of rotatable bonds is 2. The lowest BCUT2D eigenvalue weighted by atomic mass is 10.3. The molecule has 7 nitrogen and oxygen atoms in total. The molecule has 0 saturated heterocycles. The second-order valence-corrected chi connectivity index (χ2v) is 2.68. The molecular weight excluding hydrogens is 198 g/mol. The number of hydrogen-bond donors (Lipinski definition) is 0. The molecule has 0 aromatic carbocycles. The van der Waals surface area contributed by atoms with Crippen molar-refractivity contribution in [2.24, 2.45) is 0 Å². The molecule has 76 valence electrons. The first-order chi connectivity index (χ1) is 7.31. The Hall–Kier alpha value is -2.31. The van der Waals surface area contributed by atoms with Crippen molar-refractivity contribution >= 4 is 5.97 Å². The van der Waals surface area contributed by atoms with Gasteiger partial charge in [-0.2, -0.15) is 4.68 Å². The molecule has 2 aromatic heterocycles. The standard InChI is InChI=1S/C8H7N5O2/c1-15-8(14)6-2-7(4-9-3-6)13-5-10-11-12-13/h2-5H,1H3. The summed E-state index contributed by atoms with van der Waals surface area (Å²) in [6.07, 6.45) is 4.38. The zero-order chi connectivity index (χ0) is 10.7. The summed E-state index contributed by atoms with van der Waals surface area (Å²) < 4.78 is 5.97. The van der Waals surface area contributed by atoms with E-state index in [1.54, 1.807) is 12.3 Å². The molecule has 2 heterocycles. The van der Waals surface area contributed by atoms with E-state index in [9.17, 15) is 4.79 Å². The van der Waals surface area contributed by atoms with Crippen molar-refractivity contribution in [3.63, 3.8) is 0 Å². The van der Waals surface area contributed by atoms with Crippen LogP contribution in [0.5, 0.6) is 0 Å². The highest BCUT2D eigenvalue weighted by Crippen LogP contribution is 2.07. The van der Waals surface area contributed by atoms with Gasteiger partial charge in [-0.15, -0.1) is 5.10 Å². The van der Waals surface area contributed by atoms with Crippen LogP contribution >= 0.6 is 0 Å². The van der Waals surface area contributed by atoms with Gasteiger partial charge in [-0.1, -0.05) is 0 Å². The first-order valence-corrected chi connectivity index (χ1v) is 4.08. The number of hydrogen-bond acceptors (Lipinski definition) is 6. The molecule has 15 heavy (non-hydrogen) atoms. The van der Waals surface area contributed by atoms with Gasteiger partial charge in [0.25, 0.3) is 0 Å². The molecule has 0 saturated carbocycles. The third-order valence-electron chi connectivity index (χ3n) is 1.76. The number of pyridine rings is 1. The monoisotopic (exact) mass is 205 g/mol. The molecule has 0 atom stereocenters. The second kappa shape index (κ2) is 3.82. The molecule has 7 heteroatoms. The number of carbonyl (C=O) groups excluding carboxylic acids is 1. The van der Waals surface area contributed by atoms with E-state index in [0.29, 0.717) is 11.3 Å². The Bertz CT molecular complexity index is 468. The number of carbonyl (C=O) groups is 1. The summed E-state index contributed by atoms with van der Waals surface area (Å²) in [4.78, 5) is 15.1. The summed E-state index contributed by atoms with van der Waals surface area (Å²) in [5.41, 5.74) is 0.952. The molecular formula is C8H7N5O2. The average molecular weight is 205 g/mol. The van der Waals surface area contributed by atoms with Gasteiger partial charge in [-0.05, 0) is 16.5 Å². The molecule has 0 aliphatic carbocycles.